The molecule has 0 aromatic heterocycles. The lowest BCUT2D eigenvalue weighted by atomic mass is 9.75. The maximum atomic E-state index is 12.7. The van der Waals surface area contributed by atoms with Crippen LogP contribution in [0.5, 0.6) is 5.75 Å². The van der Waals surface area contributed by atoms with E-state index in [-0.39, 0.29) is 17.2 Å². The van der Waals surface area contributed by atoms with Gasteiger partial charge >= 0.3 is 11.9 Å². The van der Waals surface area contributed by atoms with Gasteiger partial charge in [-0.05, 0) is 100 Å². The number of ether oxygens (including phenoxy) is 1. The number of aliphatic imine (C=N–C) groups is 1. The molecule has 9 nitrogen and oxygen atoms in total. The minimum Gasteiger partial charge on any atom is -0.497 e. The summed E-state index contributed by atoms with van der Waals surface area (Å²) in [4.78, 5) is 43.5. The highest BCUT2D eigenvalue weighted by atomic mass is 16.5. The van der Waals surface area contributed by atoms with Crippen molar-refractivity contribution in [1.82, 2.24) is 4.90 Å². The van der Waals surface area contributed by atoms with E-state index in [0.29, 0.717) is 29.3 Å². The SMILES string of the molecule is COc1cccc(C2CCN(CCCCC(=O)Nc3cccc(C4C(C(=O)O)=C(C)N=C(C)C4C(=O)O)c3)CC2)c1. The Hall–Kier alpha value is -3.98. The van der Waals surface area contributed by atoms with E-state index in [4.69, 9.17) is 4.74 Å². The van der Waals surface area contributed by atoms with Crippen LogP contribution in [0.25, 0.3) is 0 Å². The number of amides is 1. The number of carbonyl (C=O) groups excluding carboxylic acids is 1. The number of rotatable bonds is 11. The topological polar surface area (TPSA) is 129 Å². The number of likely N-dealkylation sites (tertiary alicyclic amines) is 1. The summed E-state index contributed by atoms with van der Waals surface area (Å²) in [6.07, 6.45) is 4.27. The van der Waals surface area contributed by atoms with Crippen LogP contribution in [0.4, 0.5) is 5.69 Å². The zero-order valence-corrected chi connectivity index (χ0v) is 23.9. The van der Waals surface area contributed by atoms with E-state index in [9.17, 15) is 24.6 Å². The van der Waals surface area contributed by atoms with E-state index in [1.807, 2.05) is 12.1 Å². The van der Waals surface area contributed by atoms with Gasteiger partial charge in [-0.15, -0.1) is 0 Å². The third-order valence-electron chi connectivity index (χ3n) is 8.14. The van der Waals surface area contributed by atoms with Crippen LogP contribution in [-0.4, -0.2) is 65.4 Å². The fourth-order valence-electron chi connectivity index (χ4n) is 6.04. The van der Waals surface area contributed by atoms with Crippen LogP contribution in [0.3, 0.4) is 0 Å². The largest absolute Gasteiger partial charge is 0.497 e. The molecule has 1 amide bonds. The maximum Gasteiger partial charge on any atom is 0.334 e. The van der Waals surface area contributed by atoms with E-state index in [0.717, 1.165) is 51.1 Å². The first-order valence-corrected chi connectivity index (χ1v) is 14.2. The second kappa shape index (κ2) is 13.6. The first-order chi connectivity index (χ1) is 19.7. The molecular formula is C32H39N3O6. The lowest BCUT2D eigenvalue weighted by molar-refractivity contribution is -0.140. The van der Waals surface area contributed by atoms with Gasteiger partial charge in [0.15, 0.2) is 0 Å². The van der Waals surface area contributed by atoms with E-state index >= 15 is 0 Å². The molecule has 4 rings (SSSR count). The summed E-state index contributed by atoms with van der Waals surface area (Å²) in [5.41, 5.74) is 2.96. The Labute approximate surface area is 240 Å². The third-order valence-corrected chi connectivity index (χ3v) is 8.14. The number of nitrogens with one attached hydrogen (secondary N) is 1. The number of piperidine rings is 1. The van der Waals surface area contributed by atoms with Crippen molar-refractivity contribution in [3.05, 3.63) is 70.9 Å². The summed E-state index contributed by atoms with van der Waals surface area (Å²) in [7, 11) is 1.69. The Bertz CT molecular complexity index is 1340. The van der Waals surface area contributed by atoms with Gasteiger partial charge in [0.05, 0.1) is 12.7 Å². The van der Waals surface area contributed by atoms with E-state index in [1.54, 1.807) is 45.2 Å². The molecule has 2 aromatic rings. The number of carboxylic acids is 2. The van der Waals surface area contributed by atoms with Gasteiger partial charge < -0.3 is 25.2 Å². The first-order valence-electron chi connectivity index (χ1n) is 14.2. The Morgan fingerprint density at radius 2 is 1.71 bits per heavy atom. The average molecular weight is 562 g/mol. The van der Waals surface area contributed by atoms with Crippen molar-refractivity contribution in [3.8, 4) is 5.75 Å². The molecule has 41 heavy (non-hydrogen) atoms. The van der Waals surface area contributed by atoms with Crippen LogP contribution in [0.15, 0.2) is 64.8 Å². The molecule has 9 heteroatoms. The Morgan fingerprint density at radius 3 is 2.39 bits per heavy atom. The molecule has 1 fully saturated rings. The van der Waals surface area contributed by atoms with Gasteiger partial charge in [0, 0.05) is 29.4 Å². The van der Waals surface area contributed by atoms with E-state index in [1.165, 1.54) is 5.56 Å². The molecule has 0 radical (unpaired) electrons. The number of aliphatic carboxylic acids is 2. The quantitative estimate of drug-likeness (QED) is 0.318. The minimum atomic E-state index is -1.20. The fourth-order valence-corrected chi connectivity index (χ4v) is 6.04. The van der Waals surface area contributed by atoms with Crippen molar-refractivity contribution in [2.75, 3.05) is 32.1 Å². The molecule has 2 unspecified atom stereocenters. The molecular weight excluding hydrogens is 522 g/mol. The normalized spacial score (nSPS) is 19.9. The van der Waals surface area contributed by atoms with Crippen LogP contribution in [-0.2, 0) is 14.4 Å². The predicted octanol–water partition coefficient (Wildman–Crippen LogP) is 5.30. The summed E-state index contributed by atoms with van der Waals surface area (Å²) in [6, 6.07) is 15.1. The van der Waals surface area contributed by atoms with Gasteiger partial charge in [-0.25, -0.2) is 4.79 Å². The van der Waals surface area contributed by atoms with Crippen molar-refractivity contribution in [2.24, 2.45) is 10.9 Å². The second-order valence-electron chi connectivity index (χ2n) is 10.9. The van der Waals surface area contributed by atoms with Crippen molar-refractivity contribution >= 4 is 29.2 Å². The van der Waals surface area contributed by atoms with Crippen LogP contribution >= 0.6 is 0 Å². The number of benzene rings is 2. The summed E-state index contributed by atoms with van der Waals surface area (Å²) >= 11 is 0. The minimum absolute atomic E-state index is 0.0426. The number of carbonyl (C=O) groups is 3. The molecule has 0 spiro atoms. The smallest absolute Gasteiger partial charge is 0.334 e. The number of carboxylic acid groups (broad SMARTS) is 2. The molecule has 2 atom stereocenters. The van der Waals surface area contributed by atoms with Crippen LogP contribution in [0.2, 0.25) is 0 Å². The Morgan fingerprint density at radius 1 is 1.00 bits per heavy atom. The van der Waals surface area contributed by atoms with Gasteiger partial charge in [0.2, 0.25) is 5.91 Å². The van der Waals surface area contributed by atoms with Gasteiger partial charge in [0.25, 0.3) is 0 Å². The zero-order chi connectivity index (χ0) is 29.5. The van der Waals surface area contributed by atoms with Gasteiger partial charge in [-0.2, -0.15) is 0 Å². The molecule has 2 heterocycles. The first kappa shape index (κ1) is 30.0. The number of nitrogens with zero attached hydrogens (tertiary/aromatic N) is 2. The van der Waals surface area contributed by atoms with Gasteiger partial charge in [-0.1, -0.05) is 24.3 Å². The average Bonchev–Trinajstić information content (AvgIpc) is 2.95. The second-order valence-corrected chi connectivity index (χ2v) is 10.9. The van der Waals surface area contributed by atoms with Crippen LogP contribution < -0.4 is 10.1 Å². The molecule has 2 aliphatic heterocycles. The number of methoxy groups -OCH3 is 1. The molecule has 2 aliphatic rings. The van der Waals surface area contributed by atoms with Crippen molar-refractivity contribution in [3.63, 3.8) is 0 Å². The van der Waals surface area contributed by atoms with Crippen LogP contribution in [0.1, 0.15) is 68.9 Å². The molecule has 218 valence electrons. The summed E-state index contributed by atoms with van der Waals surface area (Å²) in [5, 5.41) is 22.6. The zero-order valence-electron chi connectivity index (χ0n) is 23.9. The molecule has 0 bridgehead atoms. The van der Waals surface area contributed by atoms with Crippen molar-refractivity contribution < 1.29 is 29.3 Å². The lowest BCUT2D eigenvalue weighted by Gasteiger charge is -2.32. The third kappa shape index (κ3) is 7.41. The van der Waals surface area contributed by atoms with Crippen molar-refractivity contribution in [2.45, 2.75) is 57.8 Å². The number of hydrogen-bond acceptors (Lipinski definition) is 6. The van der Waals surface area contributed by atoms with Crippen LogP contribution in [0, 0.1) is 5.92 Å². The molecule has 0 aliphatic carbocycles. The van der Waals surface area contributed by atoms with E-state index in [2.05, 4.69) is 27.3 Å². The molecule has 2 aromatic carbocycles. The molecule has 0 saturated carbocycles. The highest BCUT2D eigenvalue weighted by molar-refractivity contribution is 6.06. The number of anilines is 1. The molecule has 1 saturated heterocycles. The summed E-state index contributed by atoms with van der Waals surface area (Å²) in [6.45, 7) is 6.21. The summed E-state index contributed by atoms with van der Waals surface area (Å²) in [5.74, 6) is -3.03. The van der Waals surface area contributed by atoms with Gasteiger partial charge in [0.1, 0.15) is 11.7 Å². The number of allylic oxidation sites excluding steroid dienone is 1. The number of hydrogen-bond donors (Lipinski definition) is 3. The highest BCUT2D eigenvalue weighted by Gasteiger charge is 2.41. The Kier molecular flexibility index (Phi) is 9.94. The monoisotopic (exact) mass is 561 g/mol. The molecule has 3 N–H and O–H groups in total. The standard InChI is InChI=1S/C32H39N3O6/c1-20-28(31(37)38)30(29(32(39)40)21(2)33-20)24-9-6-10-25(18-24)34-27(36)12-4-5-15-35-16-13-22(14-17-35)23-8-7-11-26(19-23)41-3/h6-11,18-19,22,28,30H,4-5,12-17H2,1-3H3,(H,34,36)(H,37,38)(H,39,40). The maximum absolute atomic E-state index is 12.7. The van der Waals surface area contributed by atoms with Gasteiger partial charge in [-0.3, -0.25) is 14.6 Å². The summed E-state index contributed by atoms with van der Waals surface area (Å²) < 4.78 is 5.36. The highest BCUT2D eigenvalue weighted by Crippen LogP contribution is 2.40. The van der Waals surface area contributed by atoms with Crippen molar-refractivity contribution in [1.29, 1.82) is 0 Å². The lowest BCUT2D eigenvalue weighted by Crippen LogP contribution is -2.34. The Balaban J connectivity index is 1.27. The number of unbranched alkanes of at least 4 members (excludes halogenated alkanes) is 1. The predicted molar refractivity (Wildman–Crippen MR) is 158 cm³/mol. The fraction of sp³-hybridized carbons (Fsp3) is 0.438. The van der Waals surface area contributed by atoms with E-state index < -0.39 is 23.8 Å².